The maximum Gasteiger partial charge on any atom is 0.410 e. The van der Waals surface area contributed by atoms with Gasteiger partial charge in [-0.2, -0.15) is 0 Å². The van der Waals surface area contributed by atoms with Crippen LogP contribution in [0.25, 0.3) is 0 Å². The van der Waals surface area contributed by atoms with E-state index in [-0.39, 0.29) is 17.8 Å². The van der Waals surface area contributed by atoms with Crippen molar-refractivity contribution in [3.63, 3.8) is 0 Å². The van der Waals surface area contributed by atoms with Gasteiger partial charge in [0.25, 0.3) is 5.56 Å². The number of carboxylic acid groups (broad SMARTS) is 1. The van der Waals surface area contributed by atoms with Crippen LogP contribution in [0, 0.1) is 12.8 Å². The van der Waals surface area contributed by atoms with Gasteiger partial charge in [0.05, 0.1) is 0 Å². The number of nitrogens with zero attached hydrogens (tertiary/aromatic N) is 3. The number of carbonyl (C=O) groups excluding carboxylic acids is 1. The molecule has 0 aliphatic carbocycles. The molecule has 1 saturated heterocycles. The molecule has 26 heavy (non-hydrogen) atoms. The Hall–Kier alpha value is -2.58. The van der Waals surface area contributed by atoms with Crippen LogP contribution in [0.5, 0.6) is 0 Å². The number of aryl methyl sites for hydroxylation is 1. The molecule has 0 saturated carbocycles. The predicted octanol–water partition coefficient (Wildman–Crippen LogP) is 1.31. The summed E-state index contributed by atoms with van der Waals surface area (Å²) < 4.78 is 6.53. The first-order chi connectivity index (χ1) is 12.1. The number of carbonyl (C=O) groups is 2. The molecule has 2 N–H and O–H groups in total. The van der Waals surface area contributed by atoms with E-state index in [0.29, 0.717) is 25.3 Å². The number of ether oxygens (including phenoxy) is 1. The normalized spacial score (nSPS) is 17.2. The number of aromatic nitrogens is 2. The topological polar surface area (TPSA) is 114 Å². The van der Waals surface area contributed by atoms with E-state index in [1.165, 1.54) is 10.8 Å². The Morgan fingerprint density at radius 1 is 1.42 bits per heavy atom. The van der Waals surface area contributed by atoms with Gasteiger partial charge in [-0.3, -0.25) is 14.2 Å². The summed E-state index contributed by atoms with van der Waals surface area (Å²) in [5.41, 5.74) is -0.511. The molecular formula is C17H26N4O5. The summed E-state index contributed by atoms with van der Waals surface area (Å²) >= 11 is 0. The molecule has 9 nitrogen and oxygen atoms in total. The van der Waals surface area contributed by atoms with Crippen LogP contribution in [0.4, 0.5) is 10.6 Å². The number of amides is 1. The molecule has 2 heterocycles. The van der Waals surface area contributed by atoms with E-state index in [2.05, 4.69) is 10.3 Å². The Morgan fingerprint density at radius 3 is 2.73 bits per heavy atom. The van der Waals surface area contributed by atoms with E-state index >= 15 is 0 Å². The summed E-state index contributed by atoms with van der Waals surface area (Å²) in [5, 5.41) is 11.9. The lowest BCUT2D eigenvalue weighted by Crippen LogP contribution is -2.36. The first-order valence-electron chi connectivity index (χ1n) is 8.57. The monoisotopic (exact) mass is 366 g/mol. The van der Waals surface area contributed by atoms with E-state index in [9.17, 15) is 14.4 Å². The van der Waals surface area contributed by atoms with Gasteiger partial charge in [-0.1, -0.05) is 0 Å². The summed E-state index contributed by atoms with van der Waals surface area (Å²) in [4.78, 5) is 41.1. The van der Waals surface area contributed by atoms with E-state index in [0.717, 1.165) is 6.42 Å². The lowest BCUT2D eigenvalue weighted by Gasteiger charge is -2.24. The van der Waals surface area contributed by atoms with Crippen molar-refractivity contribution >= 4 is 17.9 Å². The Balaban J connectivity index is 1.95. The van der Waals surface area contributed by atoms with Crippen LogP contribution in [0.2, 0.25) is 0 Å². The Morgan fingerprint density at radius 2 is 2.12 bits per heavy atom. The maximum absolute atomic E-state index is 12.3. The number of nitrogens with one attached hydrogen (secondary N) is 1. The van der Waals surface area contributed by atoms with Crippen molar-refractivity contribution in [3.05, 3.63) is 22.2 Å². The van der Waals surface area contributed by atoms with Crippen molar-refractivity contribution in [2.75, 3.05) is 25.0 Å². The maximum atomic E-state index is 12.3. The van der Waals surface area contributed by atoms with Crippen molar-refractivity contribution in [2.45, 2.75) is 46.3 Å². The van der Waals surface area contributed by atoms with Gasteiger partial charge in [-0.05, 0) is 40.0 Å². The highest BCUT2D eigenvalue weighted by atomic mass is 16.6. The van der Waals surface area contributed by atoms with Crippen LogP contribution in [0.15, 0.2) is 11.0 Å². The van der Waals surface area contributed by atoms with Crippen molar-refractivity contribution < 1.29 is 19.4 Å². The molecule has 0 aromatic carbocycles. The van der Waals surface area contributed by atoms with Gasteiger partial charge in [0, 0.05) is 31.5 Å². The number of likely N-dealkylation sites (tertiary alicyclic amines) is 1. The van der Waals surface area contributed by atoms with Crippen molar-refractivity contribution in [1.29, 1.82) is 0 Å². The van der Waals surface area contributed by atoms with Gasteiger partial charge in [-0.25, -0.2) is 9.78 Å². The van der Waals surface area contributed by atoms with Gasteiger partial charge in [0.2, 0.25) is 0 Å². The van der Waals surface area contributed by atoms with Gasteiger partial charge >= 0.3 is 12.1 Å². The second-order valence-corrected chi connectivity index (χ2v) is 7.50. The summed E-state index contributed by atoms with van der Waals surface area (Å²) in [6.07, 6.45) is 1.92. The average molecular weight is 366 g/mol. The number of hydrogen-bond acceptors (Lipinski definition) is 6. The third-order valence-corrected chi connectivity index (χ3v) is 4.04. The molecule has 0 bridgehead atoms. The molecule has 0 radical (unpaired) electrons. The zero-order valence-corrected chi connectivity index (χ0v) is 15.6. The third kappa shape index (κ3) is 5.21. The average Bonchev–Trinajstić information content (AvgIpc) is 2.98. The summed E-state index contributed by atoms with van der Waals surface area (Å²) in [7, 11) is 0. The molecule has 1 aliphatic rings. The van der Waals surface area contributed by atoms with Gasteiger partial charge in [0.1, 0.15) is 12.1 Å². The smallest absolute Gasteiger partial charge is 0.410 e. The molecule has 0 unspecified atom stereocenters. The second-order valence-electron chi connectivity index (χ2n) is 7.50. The minimum absolute atomic E-state index is 0.118. The fourth-order valence-electron chi connectivity index (χ4n) is 2.76. The van der Waals surface area contributed by atoms with E-state index in [4.69, 9.17) is 9.84 Å². The molecule has 1 aliphatic heterocycles. The van der Waals surface area contributed by atoms with Crippen LogP contribution in [0.1, 0.15) is 32.9 Å². The third-order valence-electron chi connectivity index (χ3n) is 4.04. The number of hydrogen-bond donors (Lipinski definition) is 2. The number of anilines is 1. The minimum Gasteiger partial charge on any atom is -0.480 e. The van der Waals surface area contributed by atoms with Gasteiger partial charge < -0.3 is 20.1 Å². The zero-order valence-electron chi connectivity index (χ0n) is 15.6. The van der Waals surface area contributed by atoms with Crippen molar-refractivity contribution in [3.8, 4) is 0 Å². The highest BCUT2D eigenvalue weighted by Crippen LogP contribution is 2.19. The molecule has 9 heteroatoms. The number of rotatable bonds is 5. The van der Waals surface area contributed by atoms with Crippen LogP contribution in [-0.4, -0.2) is 56.9 Å². The molecule has 1 amide bonds. The quantitative estimate of drug-likeness (QED) is 0.807. The van der Waals surface area contributed by atoms with Crippen molar-refractivity contribution in [2.24, 2.45) is 5.92 Å². The Labute approximate surface area is 152 Å². The lowest BCUT2D eigenvalue weighted by atomic mass is 10.1. The first kappa shape index (κ1) is 19.7. The fourth-order valence-corrected chi connectivity index (χ4v) is 2.76. The molecule has 2 rings (SSSR count). The second kappa shape index (κ2) is 7.76. The van der Waals surface area contributed by atoms with Crippen molar-refractivity contribution in [1.82, 2.24) is 14.5 Å². The number of carboxylic acids is 1. The van der Waals surface area contributed by atoms with Gasteiger partial charge in [0.15, 0.2) is 5.82 Å². The highest BCUT2D eigenvalue weighted by molar-refractivity contribution is 5.68. The van der Waals surface area contributed by atoms with Gasteiger partial charge in [-0.15, -0.1) is 0 Å². The zero-order chi connectivity index (χ0) is 19.5. The Kier molecular flexibility index (Phi) is 5.89. The molecule has 0 spiro atoms. The standard InChI is InChI=1S/C17H26N4O5/c1-11-7-18-14(15(24)21(11)10-13(22)23)19-8-12-5-6-20(9-12)16(25)26-17(2,3)4/h7,12H,5-6,8-10H2,1-4H3,(H,18,19)(H,22,23)/t12-/m1/s1. The molecule has 1 fully saturated rings. The molecular weight excluding hydrogens is 340 g/mol. The molecule has 1 atom stereocenters. The first-order valence-corrected chi connectivity index (χ1v) is 8.57. The fraction of sp³-hybridized carbons (Fsp3) is 0.647. The molecule has 144 valence electrons. The van der Waals surface area contributed by atoms with Crippen LogP contribution in [0.3, 0.4) is 0 Å². The van der Waals surface area contributed by atoms with Crippen LogP contribution >= 0.6 is 0 Å². The number of aliphatic carboxylic acids is 1. The summed E-state index contributed by atoms with van der Waals surface area (Å²) in [6, 6.07) is 0. The van der Waals surface area contributed by atoms with E-state index < -0.39 is 23.7 Å². The predicted molar refractivity (Wildman–Crippen MR) is 95.3 cm³/mol. The van der Waals surface area contributed by atoms with E-state index in [1.807, 2.05) is 20.8 Å². The van der Waals surface area contributed by atoms with E-state index in [1.54, 1.807) is 11.8 Å². The SMILES string of the molecule is Cc1cnc(NC[C@H]2CCN(C(=O)OC(C)(C)C)C2)c(=O)n1CC(=O)O. The van der Waals surface area contributed by atoms with Crippen LogP contribution in [-0.2, 0) is 16.1 Å². The van der Waals surface area contributed by atoms with Crippen LogP contribution < -0.4 is 10.9 Å². The summed E-state index contributed by atoms with van der Waals surface area (Å²) in [5.74, 6) is -0.804. The molecule has 1 aromatic rings. The summed E-state index contributed by atoms with van der Waals surface area (Å²) in [6.45, 7) is 8.32. The largest absolute Gasteiger partial charge is 0.480 e. The lowest BCUT2D eigenvalue weighted by molar-refractivity contribution is -0.137. The Bertz CT molecular complexity index is 738. The minimum atomic E-state index is -1.09. The molecule has 1 aromatic heterocycles. The highest BCUT2D eigenvalue weighted by Gasteiger charge is 2.29.